The number of hydrogen-bond acceptors (Lipinski definition) is 4. The summed E-state index contributed by atoms with van der Waals surface area (Å²) in [4.78, 5) is 15.2. The molecule has 1 aromatic heterocycles. The van der Waals surface area contributed by atoms with Gasteiger partial charge in [-0.05, 0) is 50.5 Å². The van der Waals surface area contributed by atoms with E-state index in [2.05, 4.69) is 34.0 Å². The minimum absolute atomic E-state index is 0.0439. The second-order valence-electron chi connectivity index (χ2n) is 7.02. The van der Waals surface area contributed by atoms with E-state index in [0.717, 1.165) is 56.2 Å². The van der Waals surface area contributed by atoms with Gasteiger partial charge in [0.2, 0.25) is 0 Å². The molecule has 0 radical (unpaired) electrons. The molecule has 2 fully saturated rings. The zero-order valence-corrected chi connectivity index (χ0v) is 15.8. The van der Waals surface area contributed by atoms with Crippen molar-refractivity contribution < 1.29 is 4.79 Å². The summed E-state index contributed by atoms with van der Waals surface area (Å²) in [6.45, 7) is 7.15. The monoisotopic (exact) mass is 350 g/mol. The first-order valence-corrected chi connectivity index (χ1v) is 10.5. The molecule has 2 saturated heterocycles. The van der Waals surface area contributed by atoms with Gasteiger partial charge in [0, 0.05) is 37.9 Å². The summed E-state index contributed by atoms with van der Waals surface area (Å²) in [6, 6.07) is 1.08. The van der Waals surface area contributed by atoms with Crippen LogP contribution < -0.4 is 5.32 Å². The van der Waals surface area contributed by atoms with Crippen LogP contribution in [0.15, 0.2) is 6.20 Å². The molecule has 0 bridgehead atoms. The van der Waals surface area contributed by atoms with E-state index in [-0.39, 0.29) is 5.91 Å². The van der Waals surface area contributed by atoms with Crippen molar-refractivity contribution in [3.05, 3.63) is 17.5 Å². The van der Waals surface area contributed by atoms with Crippen molar-refractivity contribution >= 4 is 17.7 Å². The molecule has 1 N–H and O–H groups in total. The van der Waals surface area contributed by atoms with E-state index in [1.54, 1.807) is 0 Å². The zero-order valence-electron chi connectivity index (χ0n) is 15.0. The average molecular weight is 351 g/mol. The normalized spacial score (nSPS) is 21.1. The number of piperidine rings is 1. The zero-order chi connectivity index (χ0) is 16.9. The van der Waals surface area contributed by atoms with Gasteiger partial charge in [0.15, 0.2) is 0 Å². The van der Waals surface area contributed by atoms with Gasteiger partial charge in [-0.15, -0.1) is 0 Å². The van der Waals surface area contributed by atoms with Gasteiger partial charge in [-0.2, -0.15) is 16.9 Å². The van der Waals surface area contributed by atoms with Crippen LogP contribution in [0.4, 0.5) is 0 Å². The van der Waals surface area contributed by atoms with Crippen LogP contribution in [-0.4, -0.2) is 57.3 Å². The Morgan fingerprint density at radius 1 is 1.29 bits per heavy atom. The standard InChI is InChI=1S/C18H30N4OS/c1-3-8-22-13-17(14(2)20-22)18(23)19-15-4-9-21(10-5-15)16-6-11-24-12-7-16/h13,15-16H,3-12H2,1-2H3,(H,19,23). The number of thioether (sulfide) groups is 1. The smallest absolute Gasteiger partial charge is 0.254 e. The average Bonchev–Trinajstić information content (AvgIpc) is 2.97. The summed E-state index contributed by atoms with van der Waals surface area (Å²) in [5.74, 6) is 2.66. The largest absolute Gasteiger partial charge is 0.349 e. The van der Waals surface area contributed by atoms with Crippen molar-refractivity contribution in [2.24, 2.45) is 0 Å². The van der Waals surface area contributed by atoms with Crippen molar-refractivity contribution in [3.63, 3.8) is 0 Å². The van der Waals surface area contributed by atoms with Gasteiger partial charge in [-0.25, -0.2) is 0 Å². The van der Waals surface area contributed by atoms with Crippen molar-refractivity contribution in [1.29, 1.82) is 0 Å². The lowest BCUT2D eigenvalue weighted by Gasteiger charge is -2.39. The SMILES string of the molecule is CCCn1cc(C(=O)NC2CCN(C3CCSCC3)CC2)c(C)n1. The Morgan fingerprint density at radius 2 is 2.00 bits per heavy atom. The quantitative estimate of drug-likeness (QED) is 0.887. The first-order valence-electron chi connectivity index (χ1n) is 9.34. The van der Waals surface area contributed by atoms with Gasteiger partial charge in [0.25, 0.3) is 5.91 Å². The molecule has 1 aromatic rings. The lowest BCUT2D eigenvalue weighted by molar-refractivity contribution is 0.0886. The molecule has 24 heavy (non-hydrogen) atoms. The first-order chi connectivity index (χ1) is 11.7. The van der Waals surface area contributed by atoms with Crippen LogP contribution in [-0.2, 0) is 6.54 Å². The van der Waals surface area contributed by atoms with Crippen molar-refractivity contribution in [1.82, 2.24) is 20.0 Å². The lowest BCUT2D eigenvalue weighted by Crippen LogP contribution is -2.48. The number of aryl methyl sites for hydroxylation is 2. The molecule has 0 atom stereocenters. The Kier molecular flexibility index (Phi) is 6.22. The van der Waals surface area contributed by atoms with Crippen LogP contribution in [0.25, 0.3) is 0 Å². The minimum atomic E-state index is 0.0439. The Morgan fingerprint density at radius 3 is 2.67 bits per heavy atom. The molecule has 1 amide bonds. The second-order valence-corrected chi connectivity index (χ2v) is 8.24. The van der Waals surface area contributed by atoms with E-state index in [1.165, 1.54) is 24.3 Å². The fourth-order valence-corrected chi connectivity index (χ4v) is 4.89. The highest BCUT2D eigenvalue weighted by molar-refractivity contribution is 7.99. The van der Waals surface area contributed by atoms with Crippen LogP contribution in [0, 0.1) is 6.92 Å². The van der Waals surface area contributed by atoms with Crippen LogP contribution in [0.1, 0.15) is 55.1 Å². The Hall–Kier alpha value is -1.01. The highest BCUT2D eigenvalue weighted by Crippen LogP contribution is 2.24. The molecule has 2 aliphatic rings. The van der Waals surface area contributed by atoms with E-state index >= 15 is 0 Å². The predicted molar refractivity (Wildman–Crippen MR) is 99.7 cm³/mol. The maximum Gasteiger partial charge on any atom is 0.254 e. The van der Waals surface area contributed by atoms with Gasteiger partial charge in [0.1, 0.15) is 0 Å². The number of likely N-dealkylation sites (tertiary alicyclic amines) is 1. The van der Waals surface area contributed by atoms with Gasteiger partial charge >= 0.3 is 0 Å². The highest BCUT2D eigenvalue weighted by atomic mass is 32.2. The molecule has 5 nitrogen and oxygen atoms in total. The number of aromatic nitrogens is 2. The summed E-state index contributed by atoms with van der Waals surface area (Å²) in [5, 5.41) is 7.67. The molecule has 2 aliphatic heterocycles. The van der Waals surface area contributed by atoms with Crippen LogP contribution >= 0.6 is 11.8 Å². The molecule has 3 rings (SSSR count). The third-order valence-electron chi connectivity index (χ3n) is 5.22. The van der Waals surface area contributed by atoms with E-state index < -0.39 is 0 Å². The molecular formula is C18H30N4OS. The van der Waals surface area contributed by atoms with Crippen LogP contribution in [0.5, 0.6) is 0 Å². The van der Waals surface area contributed by atoms with Crippen molar-refractivity contribution in [2.45, 2.75) is 64.6 Å². The molecule has 0 spiro atoms. The van der Waals surface area contributed by atoms with E-state index in [1.807, 2.05) is 17.8 Å². The minimum Gasteiger partial charge on any atom is -0.349 e. The second kappa shape index (κ2) is 8.39. The van der Waals surface area contributed by atoms with Gasteiger partial charge in [0.05, 0.1) is 11.3 Å². The summed E-state index contributed by atoms with van der Waals surface area (Å²) in [7, 11) is 0. The highest BCUT2D eigenvalue weighted by Gasteiger charge is 2.27. The molecule has 0 saturated carbocycles. The fourth-order valence-electron chi connectivity index (χ4n) is 3.81. The summed E-state index contributed by atoms with van der Waals surface area (Å²) < 4.78 is 1.88. The number of hydrogen-bond donors (Lipinski definition) is 1. The Balaban J connectivity index is 1.49. The molecule has 6 heteroatoms. The topological polar surface area (TPSA) is 50.2 Å². The van der Waals surface area contributed by atoms with Crippen LogP contribution in [0.3, 0.4) is 0 Å². The van der Waals surface area contributed by atoms with E-state index in [9.17, 15) is 4.79 Å². The third kappa shape index (κ3) is 4.33. The van der Waals surface area contributed by atoms with Gasteiger partial charge in [-0.3, -0.25) is 9.48 Å². The summed E-state index contributed by atoms with van der Waals surface area (Å²) in [5.41, 5.74) is 1.56. The number of nitrogens with one attached hydrogen (secondary N) is 1. The number of nitrogens with zero attached hydrogens (tertiary/aromatic N) is 3. The maximum absolute atomic E-state index is 12.6. The third-order valence-corrected chi connectivity index (χ3v) is 6.26. The molecule has 3 heterocycles. The number of rotatable bonds is 5. The molecule has 0 unspecified atom stereocenters. The fraction of sp³-hybridized carbons (Fsp3) is 0.778. The summed E-state index contributed by atoms with van der Waals surface area (Å²) in [6.07, 6.45) is 7.72. The van der Waals surface area contributed by atoms with Crippen molar-refractivity contribution in [2.75, 3.05) is 24.6 Å². The maximum atomic E-state index is 12.6. The molecule has 134 valence electrons. The number of carbonyl (C=O) groups excluding carboxylic acids is 1. The van der Waals surface area contributed by atoms with Gasteiger partial charge in [-0.1, -0.05) is 6.92 Å². The van der Waals surface area contributed by atoms with E-state index in [4.69, 9.17) is 0 Å². The lowest BCUT2D eigenvalue weighted by atomic mass is 10.0. The molecule has 0 aromatic carbocycles. The summed E-state index contributed by atoms with van der Waals surface area (Å²) >= 11 is 2.08. The Bertz CT molecular complexity index is 545. The number of amides is 1. The first kappa shape index (κ1) is 17.8. The van der Waals surface area contributed by atoms with Crippen molar-refractivity contribution in [3.8, 4) is 0 Å². The van der Waals surface area contributed by atoms with Crippen LogP contribution in [0.2, 0.25) is 0 Å². The number of carbonyl (C=O) groups is 1. The van der Waals surface area contributed by atoms with Gasteiger partial charge < -0.3 is 10.2 Å². The predicted octanol–water partition coefficient (Wildman–Crippen LogP) is 2.69. The molecular weight excluding hydrogens is 320 g/mol. The molecule has 0 aliphatic carbocycles. The van der Waals surface area contributed by atoms with E-state index in [0.29, 0.717) is 6.04 Å². The Labute approximate surface area is 149 Å².